The lowest BCUT2D eigenvalue weighted by atomic mass is 10.1. The molecule has 0 saturated carbocycles. The molecule has 1 saturated heterocycles. The highest BCUT2D eigenvalue weighted by Gasteiger charge is 2.31. The third kappa shape index (κ3) is 4.20. The molecule has 1 aliphatic heterocycles. The number of aliphatic imine (C=N–C) groups is 1. The van der Waals surface area contributed by atoms with E-state index in [1.165, 1.54) is 10.4 Å². The van der Waals surface area contributed by atoms with Crippen molar-refractivity contribution in [2.75, 3.05) is 20.1 Å². The Labute approximate surface area is 132 Å². The average Bonchev–Trinajstić information content (AvgIpc) is 3.01. The molecule has 0 aromatic carbocycles. The summed E-state index contributed by atoms with van der Waals surface area (Å²) in [4.78, 5) is 8.27. The number of hydrogen-bond acceptors (Lipinski definition) is 3. The first-order valence-corrected chi connectivity index (χ1v) is 8.63. The van der Waals surface area contributed by atoms with Gasteiger partial charge in [0.05, 0.1) is 6.54 Å². The first kappa shape index (κ1) is 16.3. The molecule has 2 rings (SSSR count). The van der Waals surface area contributed by atoms with Crippen LogP contribution >= 0.6 is 11.3 Å². The van der Waals surface area contributed by atoms with Gasteiger partial charge in [-0.15, -0.1) is 11.3 Å². The van der Waals surface area contributed by atoms with Gasteiger partial charge in [-0.05, 0) is 43.7 Å². The van der Waals surface area contributed by atoms with Crippen molar-refractivity contribution in [3.8, 4) is 0 Å². The molecule has 2 unspecified atom stereocenters. The van der Waals surface area contributed by atoms with E-state index in [0.717, 1.165) is 25.6 Å². The Morgan fingerprint density at radius 3 is 2.76 bits per heavy atom. The van der Waals surface area contributed by atoms with E-state index in [2.05, 4.69) is 59.7 Å². The van der Waals surface area contributed by atoms with Gasteiger partial charge in [0.15, 0.2) is 5.96 Å². The molecule has 0 aliphatic carbocycles. The second-order valence-electron chi connectivity index (χ2n) is 6.23. The first-order chi connectivity index (χ1) is 10.0. The van der Waals surface area contributed by atoms with Crippen molar-refractivity contribution < 1.29 is 0 Å². The van der Waals surface area contributed by atoms with Crippen LogP contribution in [0.4, 0.5) is 0 Å². The number of guanidine groups is 1. The van der Waals surface area contributed by atoms with Crippen molar-refractivity contribution in [2.45, 2.75) is 46.3 Å². The molecule has 118 valence electrons. The lowest BCUT2D eigenvalue weighted by molar-refractivity contribution is 0.265. The van der Waals surface area contributed by atoms with Crippen molar-refractivity contribution in [1.82, 2.24) is 15.5 Å². The van der Waals surface area contributed by atoms with Gasteiger partial charge < -0.3 is 10.6 Å². The van der Waals surface area contributed by atoms with Crippen LogP contribution in [0.1, 0.15) is 31.2 Å². The molecule has 2 N–H and O–H groups in total. The smallest absolute Gasteiger partial charge is 0.191 e. The minimum atomic E-state index is 0.475. The molecule has 1 aromatic rings. The van der Waals surface area contributed by atoms with Gasteiger partial charge in [-0.3, -0.25) is 9.89 Å². The summed E-state index contributed by atoms with van der Waals surface area (Å²) < 4.78 is 0. The lowest BCUT2D eigenvalue weighted by Crippen LogP contribution is -2.46. The summed E-state index contributed by atoms with van der Waals surface area (Å²) in [6.45, 7) is 12.1. The summed E-state index contributed by atoms with van der Waals surface area (Å²) in [7, 11) is 1.84. The van der Waals surface area contributed by atoms with Crippen LogP contribution in [0, 0.1) is 12.8 Å². The molecular formula is C16H28N4S. The Bertz CT molecular complexity index is 480. The van der Waals surface area contributed by atoms with E-state index < -0.39 is 0 Å². The van der Waals surface area contributed by atoms with Crippen molar-refractivity contribution in [1.29, 1.82) is 0 Å². The Balaban J connectivity index is 1.87. The second-order valence-corrected chi connectivity index (χ2v) is 7.23. The SMILES string of the molecule is CN=C(NCc1sccc1C)NC1CN(C(C)C)CC1C. The summed E-state index contributed by atoms with van der Waals surface area (Å²) >= 11 is 1.80. The highest BCUT2D eigenvalue weighted by atomic mass is 32.1. The maximum Gasteiger partial charge on any atom is 0.191 e. The first-order valence-electron chi connectivity index (χ1n) is 7.75. The molecule has 0 spiro atoms. The molecule has 2 atom stereocenters. The number of rotatable bonds is 4. The van der Waals surface area contributed by atoms with Crippen molar-refractivity contribution in [3.63, 3.8) is 0 Å². The molecule has 21 heavy (non-hydrogen) atoms. The number of hydrogen-bond donors (Lipinski definition) is 2. The molecular weight excluding hydrogens is 280 g/mol. The lowest BCUT2D eigenvalue weighted by Gasteiger charge is -2.21. The van der Waals surface area contributed by atoms with Gasteiger partial charge in [0, 0.05) is 37.1 Å². The third-order valence-electron chi connectivity index (χ3n) is 4.30. The fourth-order valence-corrected chi connectivity index (χ4v) is 3.58. The van der Waals surface area contributed by atoms with Crippen LogP contribution in [0.25, 0.3) is 0 Å². The highest BCUT2D eigenvalue weighted by molar-refractivity contribution is 7.10. The molecule has 1 aliphatic rings. The van der Waals surface area contributed by atoms with Crippen LogP contribution in [-0.2, 0) is 6.54 Å². The molecule has 1 fully saturated rings. The van der Waals surface area contributed by atoms with Crippen LogP contribution in [-0.4, -0.2) is 43.1 Å². The number of thiophene rings is 1. The normalized spacial score (nSPS) is 23.8. The number of aryl methyl sites for hydroxylation is 1. The fraction of sp³-hybridized carbons (Fsp3) is 0.688. The summed E-state index contributed by atoms with van der Waals surface area (Å²) in [5.74, 6) is 1.56. The average molecular weight is 308 g/mol. The van der Waals surface area contributed by atoms with Crippen LogP contribution in [0.15, 0.2) is 16.4 Å². The van der Waals surface area contributed by atoms with Crippen LogP contribution < -0.4 is 10.6 Å². The van der Waals surface area contributed by atoms with Gasteiger partial charge in [0.1, 0.15) is 0 Å². The van der Waals surface area contributed by atoms with E-state index in [0.29, 0.717) is 18.0 Å². The quantitative estimate of drug-likeness (QED) is 0.663. The van der Waals surface area contributed by atoms with Crippen molar-refractivity contribution in [3.05, 3.63) is 21.9 Å². The molecule has 0 amide bonds. The fourth-order valence-electron chi connectivity index (χ4n) is 2.73. The number of nitrogens with one attached hydrogen (secondary N) is 2. The minimum Gasteiger partial charge on any atom is -0.352 e. The van der Waals surface area contributed by atoms with E-state index in [-0.39, 0.29) is 0 Å². The van der Waals surface area contributed by atoms with E-state index in [1.54, 1.807) is 11.3 Å². The zero-order valence-corrected chi connectivity index (χ0v) is 14.6. The topological polar surface area (TPSA) is 39.7 Å². The molecule has 1 aromatic heterocycles. The summed E-state index contributed by atoms with van der Waals surface area (Å²) in [6, 6.07) is 3.25. The molecule has 0 radical (unpaired) electrons. The Morgan fingerprint density at radius 1 is 1.48 bits per heavy atom. The zero-order valence-electron chi connectivity index (χ0n) is 13.8. The summed E-state index contributed by atoms with van der Waals surface area (Å²) in [5.41, 5.74) is 1.35. The third-order valence-corrected chi connectivity index (χ3v) is 5.32. The monoisotopic (exact) mass is 308 g/mol. The van der Waals surface area contributed by atoms with E-state index >= 15 is 0 Å². The van der Waals surface area contributed by atoms with Crippen LogP contribution in [0.5, 0.6) is 0 Å². The van der Waals surface area contributed by atoms with Crippen LogP contribution in [0.2, 0.25) is 0 Å². The molecule has 2 heterocycles. The minimum absolute atomic E-state index is 0.475. The van der Waals surface area contributed by atoms with E-state index in [4.69, 9.17) is 0 Å². The van der Waals surface area contributed by atoms with Gasteiger partial charge >= 0.3 is 0 Å². The van der Waals surface area contributed by atoms with Crippen molar-refractivity contribution in [2.24, 2.45) is 10.9 Å². The van der Waals surface area contributed by atoms with E-state index in [1.807, 2.05) is 7.05 Å². The van der Waals surface area contributed by atoms with Crippen molar-refractivity contribution >= 4 is 17.3 Å². The van der Waals surface area contributed by atoms with Gasteiger partial charge in [0.25, 0.3) is 0 Å². The largest absolute Gasteiger partial charge is 0.352 e. The Kier molecular flexibility index (Phi) is 5.65. The van der Waals surface area contributed by atoms with Gasteiger partial charge in [-0.25, -0.2) is 0 Å². The highest BCUT2D eigenvalue weighted by Crippen LogP contribution is 2.19. The van der Waals surface area contributed by atoms with E-state index in [9.17, 15) is 0 Å². The van der Waals surface area contributed by atoms with Gasteiger partial charge in [0.2, 0.25) is 0 Å². The van der Waals surface area contributed by atoms with Gasteiger partial charge in [-0.2, -0.15) is 0 Å². The maximum absolute atomic E-state index is 4.37. The summed E-state index contributed by atoms with van der Waals surface area (Å²) in [6.07, 6.45) is 0. The number of nitrogens with zero attached hydrogens (tertiary/aromatic N) is 2. The second kappa shape index (κ2) is 7.27. The molecule has 0 bridgehead atoms. The predicted molar refractivity (Wildman–Crippen MR) is 92.1 cm³/mol. The van der Waals surface area contributed by atoms with Gasteiger partial charge in [-0.1, -0.05) is 6.92 Å². The molecule has 5 heteroatoms. The Morgan fingerprint density at radius 2 is 2.24 bits per heavy atom. The zero-order chi connectivity index (χ0) is 15.4. The summed E-state index contributed by atoms with van der Waals surface area (Å²) in [5, 5.41) is 9.16. The Hall–Kier alpha value is -1.07. The predicted octanol–water partition coefficient (Wildman–Crippen LogP) is 2.45. The number of likely N-dealkylation sites (tertiary alicyclic amines) is 1. The maximum atomic E-state index is 4.37. The standard InChI is InChI=1S/C16H28N4S/c1-11(2)20-9-13(4)14(10-20)19-16(17-5)18-8-15-12(3)6-7-21-15/h6-7,11,13-14H,8-10H2,1-5H3,(H2,17,18,19). The van der Waals surface area contributed by atoms with Crippen LogP contribution in [0.3, 0.4) is 0 Å². The molecule has 4 nitrogen and oxygen atoms in total.